The second kappa shape index (κ2) is 12.2. The number of carbonyl (C=O) groups excluding carboxylic acids is 1. The molecule has 0 radical (unpaired) electrons. The maximum Gasteiger partial charge on any atom is 0.410 e. The molecule has 2 aromatic rings. The molecule has 4 aliphatic rings. The number of nitrogens with two attached hydrogens (primary N) is 1. The monoisotopic (exact) mass is 610 g/mol. The Morgan fingerprint density at radius 2 is 1.51 bits per heavy atom. The molecule has 2 spiro atoms. The lowest BCUT2D eigenvalue weighted by Gasteiger charge is -2.43. The third-order valence-corrected chi connectivity index (χ3v) is 11.2. The molecule has 10 heteroatoms. The molecule has 4 heterocycles. The Balaban J connectivity index is 0.000000204. The number of pyridine rings is 2. The summed E-state index contributed by atoms with van der Waals surface area (Å²) < 4.78 is 21.5. The first-order valence-electron chi connectivity index (χ1n) is 15.7. The van der Waals surface area contributed by atoms with Gasteiger partial charge in [-0.1, -0.05) is 12.1 Å². The Bertz CT molecular complexity index is 1320. The van der Waals surface area contributed by atoms with E-state index in [0.29, 0.717) is 18.5 Å². The Kier molecular flexibility index (Phi) is 9.07. The minimum absolute atomic E-state index is 0.0166. The fraction of sp³-hybridized carbons (Fsp3) is 0.667. The first-order valence-corrected chi connectivity index (χ1v) is 16.9. The van der Waals surface area contributed by atoms with Crippen molar-refractivity contribution in [1.29, 1.82) is 0 Å². The van der Waals surface area contributed by atoms with Gasteiger partial charge in [-0.15, -0.1) is 0 Å². The van der Waals surface area contributed by atoms with Crippen LogP contribution in [0.4, 0.5) is 4.79 Å². The van der Waals surface area contributed by atoms with Crippen LogP contribution in [-0.4, -0.2) is 61.7 Å². The lowest BCUT2D eigenvalue weighted by molar-refractivity contribution is 0.00719. The molecular formula is C33H50N6O3S. The maximum atomic E-state index is 12.9. The molecule has 2 aromatic heterocycles. The predicted molar refractivity (Wildman–Crippen MR) is 171 cm³/mol. The summed E-state index contributed by atoms with van der Waals surface area (Å²) in [6.07, 6.45) is 9.42. The van der Waals surface area contributed by atoms with Crippen LogP contribution in [0.25, 0.3) is 0 Å². The number of fused-ring (bicyclic) bond motifs is 2. The summed E-state index contributed by atoms with van der Waals surface area (Å²) in [5.41, 5.74) is 10.8. The zero-order valence-corrected chi connectivity index (χ0v) is 27.6. The van der Waals surface area contributed by atoms with E-state index in [0.717, 1.165) is 50.0 Å². The maximum absolute atomic E-state index is 12.9. The molecule has 1 amide bonds. The highest BCUT2D eigenvalue weighted by Gasteiger charge is 2.50. The van der Waals surface area contributed by atoms with Gasteiger partial charge in [-0.2, -0.15) is 0 Å². The van der Waals surface area contributed by atoms with Crippen LogP contribution < -0.4 is 15.8 Å². The molecule has 0 bridgehead atoms. The highest BCUT2D eigenvalue weighted by molar-refractivity contribution is 7.84. The highest BCUT2D eigenvalue weighted by Crippen LogP contribution is 2.52. The van der Waals surface area contributed by atoms with Crippen molar-refractivity contribution < 1.29 is 13.7 Å². The first kappa shape index (κ1) is 32.0. The van der Waals surface area contributed by atoms with Gasteiger partial charge in [-0.3, -0.25) is 9.97 Å². The summed E-state index contributed by atoms with van der Waals surface area (Å²) in [7, 11) is -1.18. The van der Waals surface area contributed by atoms with Crippen molar-refractivity contribution in [1.82, 2.24) is 24.9 Å². The van der Waals surface area contributed by atoms with Gasteiger partial charge in [-0.25, -0.2) is 13.7 Å². The number of aromatic nitrogens is 2. The molecule has 3 atom stereocenters. The van der Waals surface area contributed by atoms with Crippen LogP contribution in [0.3, 0.4) is 0 Å². The van der Waals surface area contributed by atoms with Gasteiger partial charge in [0.2, 0.25) is 0 Å². The first-order chi connectivity index (χ1) is 20.2. The summed E-state index contributed by atoms with van der Waals surface area (Å²) in [5.74, 6) is 0. The molecule has 236 valence electrons. The van der Waals surface area contributed by atoms with Crippen LogP contribution in [-0.2, 0) is 28.6 Å². The molecule has 0 unspecified atom stereocenters. The molecule has 43 heavy (non-hydrogen) atoms. The molecular weight excluding hydrogens is 560 g/mol. The topological polar surface area (TPSA) is 122 Å². The van der Waals surface area contributed by atoms with E-state index in [9.17, 15) is 9.00 Å². The van der Waals surface area contributed by atoms with Crippen molar-refractivity contribution in [2.24, 2.45) is 16.6 Å². The number of nitrogens with zero attached hydrogens (tertiary/aromatic N) is 3. The van der Waals surface area contributed by atoms with Gasteiger partial charge in [0.05, 0.1) is 21.8 Å². The van der Waals surface area contributed by atoms with E-state index >= 15 is 0 Å². The smallest absolute Gasteiger partial charge is 0.410 e. The zero-order valence-electron chi connectivity index (χ0n) is 26.7. The van der Waals surface area contributed by atoms with Crippen molar-refractivity contribution in [3.63, 3.8) is 0 Å². The molecule has 0 saturated carbocycles. The van der Waals surface area contributed by atoms with Crippen LogP contribution >= 0.6 is 0 Å². The summed E-state index contributed by atoms with van der Waals surface area (Å²) in [4.78, 5) is 23.3. The molecule has 2 fully saturated rings. The largest absolute Gasteiger partial charge is 0.444 e. The van der Waals surface area contributed by atoms with Crippen molar-refractivity contribution in [3.8, 4) is 0 Å². The standard InChI is InChI=1S/C21H33N3O3S.C12H17N3/c1-19(2,3)27-18(25)24-12-9-21(10-13-24)14-16-15(8-7-11-22-16)17(21)23-28(26)20(4,5)6;13-11-9-2-1-5-15-10(9)8-12(11)3-6-14-7-4-12/h7-8,11,17,23H,9-10,12-14H2,1-6H3;1-2,5,11,14H,3-4,6-8,13H2/t17-,28-;11-/m11/s1. The van der Waals surface area contributed by atoms with Crippen LogP contribution in [0, 0.1) is 10.8 Å². The number of ether oxygens (including phenoxy) is 1. The average molecular weight is 611 g/mol. The third-order valence-electron chi connectivity index (χ3n) is 9.60. The van der Waals surface area contributed by atoms with Crippen LogP contribution in [0.5, 0.6) is 0 Å². The average Bonchev–Trinajstić information content (AvgIpc) is 3.39. The van der Waals surface area contributed by atoms with E-state index in [4.69, 9.17) is 10.5 Å². The Morgan fingerprint density at radius 1 is 0.953 bits per heavy atom. The fourth-order valence-corrected chi connectivity index (χ4v) is 8.04. The molecule has 0 aromatic carbocycles. The minimum Gasteiger partial charge on any atom is -0.444 e. The molecule has 9 nitrogen and oxygen atoms in total. The van der Waals surface area contributed by atoms with E-state index in [1.807, 2.05) is 66.1 Å². The SMILES string of the molecule is CC(C)(C)OC(=O)N1CCC2(CC1)Cc1ncccc1[C@H]2N[S@](=O)C(C)(C)C.N[C@@H]1c2cccnc2CC12CCNCC2. The summed E-state index contributed by atoms with van der Waals surface area (Å²) >= 11 is 0. The molecule has 4 N–H and O–H groups in total. The van der Waals surface area contributed by atoms with Crippen LogP contribution in [0.15, 0.2) is 36.7 Å². The Labute approximate surface area is 259 Å². The number of likely N-dealkylation sites (tertiary alicyclic amines) is 1. The number of piperidine rings is 2. The van der Waals surface area contributed by atoms with Gasteiger partial charge >= 0.3 is 6.09 Å². The normalized spacial score (nSPS) is 24.6. The number of amides is 1. The lowest BCUT2D eigenvalue weighted by Crippen LogP contribution is -2.49. The minimum atomic E-state index is -1.18. The van der Waals surface area contributed by atoms with Gasteiger partial charge in [-0.05, 0) is 127 Å². The number of hydrogen-bond acceptors (Lipinski definition) is 7. The summed E-state index contributed by atoms with van der Waals surface area (Å²) in [6, 6.07) is 8.36. The second-order valence-electron chi connectivity index (χ2n) is 14.8. The highest BCUT2D eigenvalue weighted by atomic mass is 32.2. The zero-order chi connectivity index (χ0) is 31.0. The Hall–Kier alpha value is -2.40. The quantitative estimate of drug-likeness (QED) is 0.448. The van der Waals surface area contributed by atoms with Crippen molar-refractivity contribution in [2.45, 2.75) is 102 Å². The number of rotatable bonds is 2. The van der Waals surface area contributed by atoms with Gasteiger partial charge in [0, 0.05) is 42.9 Å². The molecule has 2 aliphatic heterocycles. The predicted octanol–water partition coefficient (Wildman–Crippen LogP) is 4.76. The number of carbonyl (C=O) groups is 1. The van der Waals surface area contributed by atoms with Gasteiger partial charge < -0.3 is 20.7 Å². The summed E-state index contributed by atoms with van der Waals surface area (Å²) in [5, 5.41) is 3.41. The van der Waals surface area contributed by atoms with Crippen LogP contribution in [0.2, 0.25) is 0 Å². The molecule has 2 aliphatic carbocycles. The Morgan fingerprint density at radius 3 is 2.07 bits per heavy atom. The number of nitrogens with one attached hydrogen (secondary N) is 2. The van der Waals surface area contributed by atoms with Gasteiger partial charge in [0.1, 0.15) is 5.60 Å². The van der Waals surface area contributed by atoms with E-state index in [-0.39, 0.29) is 28.3 Å². The second-order valence-corrected chi connectivity index (χ2v) is 16.8. The van der Waals surface area contributed by atoms with E-state index in [1.165, 1.54) is 24.1 Å². The van der Waals surface area contributed by atoms with Crippen molar-refractivity contribution >= 4 is 17.1 Å². The van der Waals surface area contributed by atoms with Gasteiger partial charge in [0.25, 0.3) is 0 Å². The van der Waals surface area contributed by atoms with E-state index < -0.39 is 16.6 Å². The van der Waals surface area contributed by atoms with E-state index in [2.05, 4.69) is 32.1 Å². The lowest BCUT2D eigenvalue weighted by atomic mass is 9.73. The molecule has 2 saturated heterocycles. The third kappa shape index (κ3) is 6.82. The van der Waals surface area contributed by atoms with E-state index in [1.54, 1.807) is 4.90 Å². The van der Waals surface area contributed by atoms with Gasteiger partial charge in [0.15, 0.2) is 0 Å². The fourth-order valence-electron chi connectivity index (χ4n) is 7.09. The number of hydrogen-bond donors (Lipinski definition) is 3. The van der Waals surface area contributed by atoms with Crippen LogP contribution in [0.1, 0.15) is 102 Å². The van der Waals surface area contributed by atoms with Crippen molar-refractivity contribution in [2.75, 3.05) is 26.2 Å². The summed E-state index contributed by atoms with van der Waals surface area (Å²) in [6.45, 7) is 15.1. The van der Waals surface area contributed by atoms with Crippen molar-refractivity contribution in [3.05, 3.63) is 59.2 Å². The molecule has 6 rings (SSSR count).